The lowest BCUT2D eigenvalue weighted by molar-refractivity contribution is 0.226. The van der Waals surface area contributed by atoms with Crippen LogP contribution in [0, 0.1) is 11.6 Å². The zero-order chi connectivity index (χ0) is 10.3. The van der Waals surface area contributed by atoms with Gasteiger partial charge in [0.2, 0.25) is 0 Å². The first-order valence-electron chi connectivity index (χ1n) is 4.79. The van der Waals surface area contributed by atoms with E-state index < -0.39 is 11.6 Å². The molecule has 0 unspecified atom stereocenters. The van der Waals surface area contributed by atoms with Crippen LogP contribution in [0.3, 0.4) is 0 Å². The first-order chi connectivity index (χ1) is 6.58. The van der Waals surface area contributed by atoms with Crippen molar-refractivity contribution in [1.82, 2.24) is 4.90 Å². The second kappa shape index (κ2) is 3.31. The number of nitrogens with zero attached hydrogens (tertiary/aromatic N) is 1. The highest BCUT2D eigenvalue weighted by molar-refractivity contribution is 5.32. The van der Waals surface area contributed by atoms with Crippen molar-refractivity contribution in [2.45, 2.75) is 33.0 Å². The van der Waals surface area contributed by atoms with Gasteiger partial charge in [0.25, 0.3) is 0 Å². The highest BCUT2D eigenvalue weighted by atomic mass is 19.1. The molecule has 1 aromatic rings. The molecule has 0 saturated carbocycles. The molecule has 0 amide bonds. The number of hydrogen-bond donors (Lipinski definition) is 0. The van der Waals surface area contributed by atoms with Gasteiger partial charge in [0.15, 0.2) is 0 Å². The van der Waals surface area contributed by atoms with E-state index in [4.69, 9.17) is 0 Å². The van der Waals surface area contributed by atoms with Crippen LogP contribution in [-0.4, -0.2) is 10.9 Å². The van der Waals surface area contributed by atoms with Crippen LogP contribution < -0.4 is 0 Å². The van der Waals surface area contributed by atoms with Gasteiger partial charge in [-0.2, -0.15) is 0 Å². The SMILES string of the molecule is CC(C)N1Cc2cc(F)cc(F)c2C1. The van der Waals surface area contributed by atoms with E-state index in [1.165, 1.54) is 6.07 Å². The first kappa shape index (κ1) is 9.59. The molecule has 1 aliphatic heterocycles. The molecule has 2 rings (SSSR count). The second-order valence-corrected chi connectivity index (χ2v) is 4.02. The molecular weight excluding hydrogens is 184 g/mol. The van der Waals surface area contributed by atoms with Crippen molar-refractivity contribution >= 4 is 0 Å². The minimum Gasteiger partial charge on any atom is -0.292 e. The molecule has 0 bridgehead atoms. The van der Waals surface area contributed by atoms with E-state index in [0.29, 0.717) is 24.7 Å². The summed E-state index contributed by atoms with van der Waals surface area (Å²) in [5, 5.41) is 0. The maximum absolute atomic E-state index is 13.3. The molecular formula is C11H13F2N. The number of halogens is 2. The Labute approximate surface area is 82.3 Å². The maximum Gasteiger partial charge on any atom is 0.130 e. The topological polar surface area (TPSA) is 3.24 Å². The van der Waals surface area contributed by atoms with Crippen molar-refractivity contribution in [2.24, 2.45) is 0 Å². The lowest BCUT2D eigenvalue weighted by Gasteiger charge is -2.18. The van der Waals surface area contributed by atoms with Crippen molar-refractivity contribution in [3.63, 3.8) is 0 Å². The van der Waals surface area contributed by atoms with Crippen LogP contribution in [0.15, 0.2) is 12.1 Å². The zero-order valence-electron chi connectivity index (χ0n) is 8.35. The summed E-state index contributed by atoms with van der Waals surface area (Å²) in [5.74, 6) is -0.894. The number of benzene rings is 1. The second-order valence-electron chi connectivity index (χ2n) is 4.02. The van der Waals surface area contributed by atoms with Crippen LogP contribution in [0.25, 0.3) is 0 Å². The third kappa shape index (κ3) is 1.52. The van der Waals surface area contributed by atoms with Crippen LogP contribution in [0.5, 0.6) is 0 Å². The summed E-state index contributed by atoms with van der Waals surface area (Å²) in [5.41, 5.74) is 1.44. The molecule has 14 heavy (non-hydrogen) atoms. The fourth-order valence-electron chi connectivity index (χ4n) is 1.82. The van der Waals surface area contributed by atoms with Crippen LogP contribution in [0.4, 0.5) is 8.78 Å². The molecule has 0 spiro atoms. The lowest BCUT2D eigenvalue weighted by atomic mass is 10.1. The van der Waals surface area contributed by atoms with Gasteiger partial charge in [0.1, 0.15) is 11.6 Å². The minimum atomic E-state index is -0.480. The predicted molar refractivity (Wildman–Crippen MR) is 50.7 cm³/mol. The van der Waals surface area contributed by atoms with Crippen LogP contribution in [0.2, 0.25) is 0 Å². The molecule has 0 saturated heterocycles. The highest BCUT2D eigenvalue weighted by Crippen LogP contribution is 2.27. The van der Waals surface area contributed by atoms with Gasteiger partial charge in [-0.1, -0.05) is 0 Å². The number of rotatable bonds is 1. The van der Waals surface area contributed by atoms with E-state index in [0.717, 1.165) is 11.6 Å². The van der Waals surface area contributed by atoms with Crippen molar-refractivity contribution in [1.29, 1.82) is 0 Å². The standard InChI is InChI=1S/C11H13F2N/c1-7(2)14-5-8-3-9(12)4-11(13)10(8)6-14/h3-4,7H,5-6H2,1-2H3. The van der Waals surface area contributed by atoms with Gasteiger partial charge in [0.05, 0.1) is 0 Å². The quantitative estimate of drug-likeness (QED) is 0.669. The van der Waals surface area contributed by atoms with Gasteiger partial charge >= 0.3 is 0 Å². The average molecular weight is 197 g/mol. The summed E-state index contributed by atoms with van der Waals surface area (Å²) < 4.78 is 26.2. The fourth-order valence-corrected chi connectivity index (χ4v) is 1.82. The molecule has 3 heteroatoms. The Kier molecular flexibility index (Phi) is 2.27. The van der Waals surface area contributed by atoms with Crippen LogP contribution >= 0.6 is 0 Å². The smallest absolute Gasteiger partial charge is 0.130 e. The highest BCUT2D eigenvalue weighted by Gasteiger charge is 2.24. The van der Waals surface area contributed by atoms with E-state index in [-0.39, 0.29) is 0 Å². The Morgan fingerprint density at radius 2 is 1.93 bits per heavy atom. The summed E-state index contributed by atoms with van der Waals surface area (Å²) in [6.07, 6.45) is 0. The molecule has 1 nitrogen and oxygen atoms in total. The predicted octanol–water partition coefficient (Wildman–Crippen LogP) is 2.69. The van der Waals surface area contributed by atoms with Gasteiger partial charge in [-0.15, -0.1) is 0 Å². The van der Waals surface area contributed by atoms with Crippen molar-refractivity contribution in [3.05, 3.63) is 34.9 Å². The zero-order valence-corrected chi connectivity index (χ0v) is 8.35. The molecule has 0 fully saturated rings. The Morgan fingerprint density at radius 1 is 1.21 bits per heavy atom. The number of hydrogen-bond acceptors (Lipinski definition) is 1. The molecule has 1 aromatic carbocycles. The molecule has 0 N–H and O–H groups in total. The van der Waals surface area contributed by atoms with Gasteiger partial charge in [-0.25, -0.2) is 8.78 Å². The average Bonchev–Trinajstić information content (AvgIpc) is 2.47. The number of fused-ring (bicyclic) bond motifs is 1. The van der Waals surface area contributed by atoms with Crippen molar-refractivity contribution < 1.29 is 8.78 Å². The van der Waals surface area contributed by atoms with Crippen LogP contribution in [-0.2, 0) is 13.1 Å². The van der Waals surface area contributed by atoms with E-state index in [1.54, 1.807) is 0 Å². The van der Waals surface area contributed by atoms with Gasteiger partial charge in [0, 0.05) is 30.8 Å². The largest absolute Gasteiger partial charge is 0.292 e. The Morgan fingerprint density at radius 3 is 2.57 bits per heavy atom. The lowest BCUT2D eigenvalue weighted by Crippen LogP contribution is -2.24. The van der Waals surface area contributed by atoms with E-state index in [1.807, 2.05) is 0 Å². The maximum atomic E-state index is 13.3. The van der Waals surface area contributed by atoms with Crippen molar-refractivity contribution in [2.75, 3.05) is 0 Å². The van der Waals surface area contributed by atoms with Crippen LogP contribution in [0.1, 0.15) is 25.0 Å². The van der Waals surface area contributed by atoms with E-state index in [9.17, 15) is 8.78 Å². The first-order valence-corrected chi connectivity index (χ1v) is 4.79. The summed E-state index contributed by atoms with van der Waals surface area (Å²) in [6.45, 7) is 5.36. The van der Waals surface area contributed by atoms with E-state index >= 15 is 0 Å². The normalized spacial score (nSPS) is 16.4. The molecule has 76 valence electrons. The molecule has 0 atom stereocenters. The Hall–Kier alpha value is -0.960. The third-order valence-electron chi connectivity index (χ3n) is 2.72. The van der Waals surface area contributed by atoms with Gasteiger partial charge in [-0.05, 0) is 25.5 Å². The van der Waals surface area contributed by atoms with Gasteiger partial charge < -0.3 is 0 Å². The van der Waals surface area contributed by atoms with Crippen molar-refractivity contribution in [3.8, 4) is 0 Å². The summed E-state index contributed by atoms with van der Waals surface area (Å²) in [7, 11) is 0. The summed E-state index contributed by atoms with van der Waals surface area (Å²) >= 11 is 0. The Bertz CT molecular complexity index is 361. The summed E-state index contributed by atoms with van der Waals surface area (Å²) in [6, 6.07) is 2.76. The molecule has 0 aliphatic carbocycles. The summed E-state index contributed by atoms with van der Waals surface area (Å²) in [4.78, 5) is 2.12. The Balaban J connectivity index is 2.35. The fraction of sp³-hybridized carbons (Fsp3) is 0.455. The van der Waals surface area contributed by atoms with Gasteiger partial charge in [-0.3, -0.25) is 4.90 Å². The van der Waals surface area contributed by atoms with E-state index in [2.05, 4.69) is 18.7 Å². The molecule has 1 aliphatic rings. The monoisotopic (exact) mass is 197 g/mol. The third-order valence-corrected chi connectivity index (χ3v) is 2.72. The minimum absolute atomic E-state index is 0.366. The molecule has 0 aromatic heterocycles. The molecule has 1 heterocycles. The molecule has 0 radical (unpaired) electrons.